The first-order chi connectivity index (χ1) is 6.60. The van der Waals surface area contributed by atoms with Crippen LogP contribution in [0.1, 0.15) is 26.7 Å². The van der Waals surface area contributed by atoms with Crippen molar-refractivity contribution in [2.45, 2.75) is 38.8 Å². The molecule has 5 nitrogen and oxygen atoms in total. The van der Waals surface area contributed by atoms with Crippen molar-refractivity contribution in [2.24, 2.45) is 10.9 Å². The number of nitrogens with zero attached hydrogens (tertiary/aromatic N) is 1. The van der Waals surface area contributed by atoms with Crippen molar-refractivity contribution >= 4 is 5.84 Å². The van der Waals surface area contributed by atoms with Crippen molar-refractivity contribution < 1.29 is 9.94 Å². The Bertz CT molecular complexity index is 173. The zero-order valence-electron chi connectivity index (χ0n) is 9.16. The van der Waals surface area contributed by atoms with Crippen LogP contribution in [-0.2, 0) is 4.74 Å². The van der Waals surface area contributed by atoms with Crippen molar-refractivity contribution in [1.82, 2.24) is 5.32 Å². The van der Waals surface area contributed by atoms with Gasteiger partial charge in [-0.25, -0.2) is 0 Å². The summed E-state index contributed by atoms with van der Waals surface area (Å²) in [6, 6.07) is 0.578. The van der Waals surface area contributed by atoms with Crippen LogP contribution in [0.25, 0.3) is 0 Å². The summed E-state index contributed by atoms with van der Waals surface area (Å²) < 4.78 is 4.97. The molecule has 0 aliphatic heterocycles. The third-order valence-electron chi connectivity index (χ3n) is 1.97. The average molecular weight is 203 g/mol. The second-order valence-electron chi connectivity index (χ2n) is 3.55. The predicted molar refractivity (Wildman–Crippen MR) is 56.6 cm³/mol. The molecule has 2 atom stereocenters. The zero-order valence-corrected chi connectivity index (χ0v) is 9.16. The highest BCUT2D eigenvalue weighted by Crippen LogP contribution is 1.97. The Hall–Kier alpha value is -0.810. The summed E-state index contributed by atoms with van der Waals surface area (Å²) in [7, 11) is 1.69. The molecule has 14 heavy (non-hydrogen) atoms. The third kappa shape index (κ3) is 6.68. The summed E-state index contributed by atoms with van der Waals surface area (Å²) >= 11 is 0. The first-order valence-corrected chi connectivity index (χ1v) is 4.81. The van der Waals surface area contributed by atoms with Crippen LogP contribution < -0.4 is 11.1 Å². The monoisotopic (exact) mass is 203 g/mol. The van der Waals surface area contributed by atoms with Gasteiger partial charge in [0.15, 0.2) is 0 Å². The Morgan fingerprint density at radius 2 is 2.14 bits per heavy atom. The maximum Gasteiger partial charge on any atom is 0.140 e. The van der Waals surface area contributed by atoms with Crippen LogP contribution in [0, 0.1) is 0 Å². The summed E-state index contributed by atoms with van der Waals surface area (Å²) in [5.41, 5.74) is 5.39. The molecule has 0 aliphatic rings. The Morgan fingerprint density at radius 1 is 1.50 bits per heavy atom. The van der Waals surface area contributed by atoms with Gasteiger partial charge in [-0.1, -0.05) is 5.16 Å². The van der Waals surface area contributed by atoms with Crippen LogP contribution in [0.4, 0.5) is 0 Å². The molecule has 4 N–H and O–H groups in total. The second-order valence-corrected chi connectivity index (χ2v) is 3.55. The van der Waals surface area contributed by atoms with E-state index in [-0.39, 0.29) is 11.9 Å². The van der Waals surface area contributed by atoms with Gasteiger partial charge >= 0.3 is 0 Å². The number of ether oxygens (including phenoxy) is 1. The van der Waals surface area contributed by atoms with E-state index >= 15 is 0 Å². The molecule has 0 amide bonds. The largest absolute Gasteiger partial charge is 0.409 e. The number of nitrogens with one attached hydrogen (secondary N) is 1. The summed E-state index contributed by atoms with van der Waals surface area (Å²) in [4.78, 5) is 0. The zero-order chi connectivity index (χ0) is 11.0. The molecule has 0 fully saturated rings. The molecule has 0 aromatic carbocycles. The van der Waals surface area contributed by atoms with E-state index in [1.54, 1.807) is 7.11 Å². The predicted octanol–water partition coefficient (Wildman–Crippen LogP) is 0.526. The fraction of sp³-hybridized carbons (Fsp3) is 0.889. The van der Waals surface area contributed by atoms with E-state index in [2.05, 4.69) is 17.4 Å². The normalized spacial score (nSPS) is 16.6. The van der Waals surface area contributed by atoms with Gasteiger partial charge in [0.1, 0.15) is 5.84 Å². The van der Waals surface area contributed by atoms with E-state index in [4.69, 9.17) is 15.7 Å². The summed E-state index contributed by atoms with van der Waals surface area (Å²) in [5.74, 6) is 0.254. The van der Waals surface area contributed by atoms with Gasteiger partial charge in [0, 0.05) is 32.2 Å². The molecule has 0 aliphatic carbocycles. The van der Waals surface area contributed by atoms with E-state index in [1.165, 1.54) is 0 Å². The Morgan fingerprint density at radius 3 is 2.64 bits per heavy atom. The molecule has 84 valence electrons. The van der Waals surface area contributed by atoms with Crippen LogP contribution in [0.3, 0.4) is 0 Å². The smallest absolute Gasteiger partial charge is 0.140 e. The number of hydrogen-bond donors (Lipinski definition) is 3. The molecule has 0 bridgehead atoms. The van der Waals surface area contributed by atoms with Gasteiger partial charge in [-0.3, -0.25) is 0 Å². The van der Waals surface area contributed by atoms with Crippen molar-refractivity contribution in [3.63, 3.8) is 0 Å². The highest BCUT2D eigenvalue weighted by molar-refractivity contribution is 5.80. The number of rotatable bonds is 7. The van der Waals surface area contributed by atoms with Gasteiger partial charge < -0.3 is 21.0 Å². The maximum atomic E-state index is 8.37. The van der Waals surface area contributed by atoms with Gasteiger partial charge in [0.05, 0.1) is 0 Å². The molecule has 0 radical (unpaired) electrons. The molecule has 0 aromatic heterocycles. The van der Waals surface area contributed by atoms with Gasteiger partial charge in [0.2, 0.25) is 0 Å². The van der Waals surface area contributed by atoms with Crippen LogP contribution in [0.15, 0.2) is 5.16 Å². The molecule has 2 unspecified atom stereocenters. The number of hydrogen-bond acceptors (Lipinski definition) is 4. The van der Waals surface area contributed by atoms with Crippen molar-refractivity contribution in [3.05, 3.63) is 0 Å². The van der Waals surface area contributed by atoms with Crippen molar-refractivity contribution in [1.29, 1.82) is 0 Å². The quantitative estimate of drug-likeness (QED) is 0.244. The van der Waals surface area contributed by atoms with Crippen LogP contribution in [0.2, 0.25) is 0 Å². The minimum absolute atomic E-state index is 0.206. The van der Waals surface area contributed by atoms with E-state index < -0.39 is 0 Å². The maximum absolute atomic E-state index is 8.37. The van der Waals surface area contributed by atoms with Crippen molar-refractivity contribution in [3.8, 4) is 0 Å². The van der Waals surface area contributed by atoms with E-state index in [1.807, 2.05) is 6.92 Å². The molecule has 0 saturated heterocycles. The minimum atomic E-state index is 0.206. The molecular weight excluding hydrogens is 182 g/mol. The fourth-order valence-electron chi connectivity index (χ4n) is 1.28. The van der Waals surface area contributed by atoms with E-state index in [9.17, 15) is 0 Å². The van der Waals surface area contributed by atoms with Crippen LogP contribution in [0.5, 0.6) is 0 Å². The second kappa shape index (κ2) is 7.58. The standard InChI is InChI=1S/C9H21N3O2/c1-7(4-5-14-3)11-8(2)6-9(10)12-13/h7-8,11,13H,4-6H2,1-3H3,(H2,10,12). The summed E-state index contributed by atoms with van der Waals surface area (Å²) in [6.07, 6.45) is 1.50. The summed E-state index contributed by atoms with van der Waals surface area (Å²) in [6.45, 7) is 4.83. The summed E-state index contributed by atoms with van der Waals surface area (Å²) in [5, 5.41) is 14.6. The van der Waals surface area contributed by atoms with Gasteiger partial charge in [0.25, 0.3) is 0 Å². The molecule has 0 rings (SSSR count). The topological polar surface area (TPSA) is 79.9 Å². The lowest BCUT2D eigenvalue weighted by Crippen LogP contribution is -2.37. The first-order valence-electron chi connectivity index (χ1n) is 4.81. The fourth-order valence-corrected chi connectivity index (χ4v) is 1.28. The van der Waals surface area contributed by atoms with E-state index in [0.29, 0.717) is 12.5 Å². The van der Waals surface area contributed by atoms with E-state index in [0.717, 1.165) is 13.0 Å². The number of methoxy groups -OCH3 is 1. The molecular formula is C9H21N3O2. The lowest BCUT2D eigenvalue weighted by molar-refractivity contribution is 0.183. The highest BCUT2D eigenvalue weighted by atomic mass is 16.5. The van der Waals surface area contributed by atoms with Crippen molar-refractivity contribution in [2.75, 3.05) is 13.7 Å². The molecule has 0 heterocycles. The lowest BCUT2D eigenvalue weighted by Gasteiger charge is -2.19. The molecule has 0 aromatic rings. The molecule has 5 heteroatoms. The lowest BCUT2D eigenvalue weighted by atomic mass is 10.1. The molecule has 0 saturated carbocycles. The van der Waals surface area contributed by atoms with Gasteiger partial charge in [-0.05, 0) is 20.3 Å². The Labute approximate surface area is 85.3 Å². The van der Waals surface area contributed by atoms with Crippen LogP contribution in [-0.4, -0.2) is 36.8 Å². The van der Waals surface area contributed by atoms with Crippen LogP contribution >= 0.6 is 0 Å². The highest BCUT2D eigenvalue weighted by Gasteiger charge is 2.08. The van der Waals surface area contributed by atoms with Gasteiger partial charge in [-0.2, -0.15) is 0 Å². The Kier molecular flexibility index (Phi) is 7.14. The average Bonchev–Trinajstić information content (AvgIpc) is 2.14. The number of amidine groups is 1. The Balaban J connectivity index is 3.65. The van der Waals surface area contributed by atoms with Gasteiger partial charge in [-0.15, -0.1) is 0 Å². The third-order valence-corrected chi connectivity index (χ3v) is 1.97. The first kappa shape index (κ1) is 13.2. The SMILES string of the molecule is COCCC(C)NC(C)CC(N)=NO. The number of nitrogens with two attached hydrogens (primary N) is 1. The minimum Gasteiger partial charge on any atom is -0.409 e. The molecule has 0 spiro atoms. The number of oxime groups is 1.